The van der Waals surface area contributed by atoms with Crippen LogP contribution in [0.1, 0.15) is 5.56 Å². The monoisotopic (exact) mass is 142 g/mol. The van der Waals surface area contributed by atoms with E-state index in [0.29, 0.717) is 0 Å². The predicted molar refractivity (Wildman–Crippen MR) is 34.7 cm³/mol. The van der Waals surface area contributed by atoms with E-state index in [9.17, 15) is 8.78 Å². The molecule has 0 heterocycles. The highest BCUT2D eigenvalue weighted by Crippen LogP contribution is 2.26. The van der Waals surface area contributed by atoms with Crippen LogP contribution in [-0.4, -0.2) is 0 Å². The van der Waals surface area contributed by atoms with Gasteiger partial charge >= 0.3 is 0 Å². The van der Waals surface area contributed by atoms with Gasteiger partial charge < -0.3 is 5.73 Å². The minimum atomic E-state index is -3.46. The third kappa shape index (κ3) is 1.51. The summed E-state index contributed by atoms with van der Waals surface area (Å²) < 4.78 is 24.2. The van der Waals surface area contributed by atoms with Crippen LogP contribution in [0.4, 0.5) is 8.78 Å². The lowest BCUT2D eigenvalue weighted by atomic mass is 10.2. The summed E-state index contributed by atoms with van der Waals surface area (Å²) in [6, 6.07) is 3.60. The Hall–Kier alpha value is -0.960. The van der Waals surface area contributed by atoms with Crippen LogP contribution in [-0.2, 0) is 6.05 Å². The van der Waals surface area contributed by atoms with Crippen molar-refractivity contribution in [2.75, 3.05) is 0 Å². The van der Waals surface area contributed by atoms with Crippen LogP contribution in [0.25, 0.3) is 5.73 Å². The first-order chi connectivity index (χ1) is 4.61. The van der Waals surface area contributed by atoms with Crippen molar-refractivity contribution in [1.82, 2.24) is 0 Å². The van der Waals surface area contributed by atoms with Gasteiger partial charge in [-0.2, -0.15) is 0 Å². The molecule has 0 fully saturated rings. The molecule has 54 valence electrons. The van der Waals surface area contributed by atoms with Gasteiger partial charge in [-0.05, 0) is 5.56 Å². The summed E-state index contributed by atoms with van der Waals surface area (Å²) in [6.45, 7) is 0. The highest BCUT2D eigenvalue weighted by atomic mass is 19.3. The van der Waals surface area contributed by atoms with Gasteiger partial charge in [0.25, 0.3) is 0 Å². The molecule has 0 bridgehead atoms. The van der Waals surface area contributed by atoms with E-state index in [1.807, 2.05) is 0 Å². The second-order valence-electron chi connectivity index (χ2n) is 1.94. The van der Waals surface area contributed by atoms with Crippen LogP contribution >= 0.6 is 0 Å². The van der Waals surface area contributed by atoms with Crippen LogP contribution in [0.2, 0.25) is 0 Å². The molecule has 0 unspecified atom stereocenters. The molecular formula is C7H6F2N-. The fourth-order valence-electron chi connectivity index (χ4n) is 0.647. The van der Waals surface area contributed by atoms with Crippen molar-refractivity contribution < 1.29 is 8.78 Å². The smallest absolute Gasteiger partial charge is 0.194 e. The molecule has 0 spiro atoms. The summed E-state index contributed by atoms with van der Waals surface area (Å²) in [6.07, 6.45) is 0. The average Bonchev–Trinajstić information content (AvgIpc) is 1.88. The lowest BCUT2D eigenvalue weighted by Crippen LogP contribution is -2.04. The van der Waals surface area contributed by atoms with Gasteiger partial charge in [0.15, 0.2) is 6.05 Å². The molecule has 0 aromatic heterocycles. The number of halogens is 2. The maximum absolute atomic E-state index is 12.1. The van der Waals surface area contributed by atoms with Crippen molar-refractivity contribution in [3.05, 3.63) is 41.6 Å². The first kappa shape index (κ1) is 7.15. The van der Waals surface area contributed by atoms with Crippen LogP contribution in [0.3, 0.4) is 0 Å². The average molecular weight is 142 g/mol. The minimum absolute atomic E-state index is 0.269. The maximum Gasteiger partial charge on any atom is 0.194 e. The number of hydrogen-bond donors (Lipinski definition) is 0. The topological polar surface area (TPSA) is 23.8 Å². The molecule has 10 heavy (non-hydrogen) atoms. The fraction of sp³-hybridized carbons (Fsp3) is 0.143. The van der Waals surface area contributed by atoms with Crippen molar-refractivity contribution >= 4 is 0 Å². The van der Waals surface area contributed by atoms with Gasteiger partial charge in [0.2, 0.25) is 0 Å². The van der Waals surface area contributed by atoms with E-state index in [2.05, 4.69) is 0 Å². The van der Waals surface area contributed by atoms with Crippen LogP contribution in [0, 0.1) is 0 Å². The van der Waals surface area contributed by atoms with Gasteiger partial charge in [-0.1, -0.05) is 30.3 Å². The second-order valence-corrected chi connectivity index (χ2v) is 1.94. The van der Waals surface area contributed by atoms with Crippen molar-refractivity contribution in [3.63, 3.8) is 0 Å². The van der Waals surface area contributed by atoms with Crippen molar-refractivity contribution in [2.45, 2.75) is 6.05 Å². The maximum atomic E-state index is 12.1. The van der Waals surface area contributed by atoms with Gasteiger partial charge in [-0.3, -0.25) is 0 Å². The molecule has 0 atom stereocenters. The number of benzene rings is 1. The Balaban J connectivity index is 2.97. The van der Waals surface area contributed by atoms with Crippen molar-refractivity contribution in [3.8, 4) is 0 Å². The largest absolute Gasteiger partial charge is 0.611 e. The van der Waals surface area contributed by atoms with E-state index in [-0.39, 0.29) is 5.56 Å². The third-order valence-electron chi connectivity index (χ3n) is 1.14. The summed E-state index contributed by atoms with van der Waals surface area (Å²) >= 11 is 0. The number of hydrogen-bond acceptors (Lipinski definition) is 0. The molecular weight excluding hydrogens is 136 g/mol. The second kappa shape index (κ2) is 2.34. The van der Waals surface area contributed by atoms with E-state index in [4.69, 9.17) is 5.73 Å². The first-order valence-electron chi connectivity index (χ1n) is 2.79. The number of nitrogens with one attached hydrogen (secondary N) is 1. The fourth-order valence-corrected chi connectivity index (χ4v) is 0.647. The summed E-state index contributed by atoms with van der Waals surface area (Å²) in [7, 11) is 0. The summed E-state index contributed by atoms with van der Waals surface area (Å²) in [5.41, 5.74) is 6.07. The molecule has 1 aromatic carbocycles. The quantitative estimate of drug-likeness (QED) is 0.538. The molecule has 0 saturated carbocycles. The van der Waals surface area contributed by atoms with Gasteiger partial charge in [0.05, 0.1) is 0 Å². The van der Waals surface area contributed by atoms with E-state index < -0.39 is 6.05 Å². The van der Waals surface area contributed by atoms with Gasteiger partial charge in [0.1, 0.15) is 0 Å². The highest BCUT2D eigenvalue weighted by molar-refractivity contribution is 5.20. The molecule has 1 rings (SSSR count). The predicted octanol–water partition coefficient (Wildman–Crippen LogP) is 2.79. The van der Waals surface area contributed by atoms with E-state index >= 15 is 0 Å². The molecule has 1 aromatic rings. The van der Waals surface area contributed by atoms with Crippen LogP contribution in [0.5, 0.6) is 0 Å². The Morgan fingerprint density at radius 2 is 1.60 bits per heavy atom. The Labute approximate surface area is 57.5 Å². The minimum Gasteiger partial charge on any atom is -0.611 e. The molecule has 0 saturated heterocycles. The lowest BCUT2D eigenvalue weighted by Gasteiger charge is -2.18. The normalized spacial score (nSPS) is 11.5. The van der Waals surface area contributed by atoms with Gasteiger partial charge in [0, 0.05) is 0 Å². The Bertz CT molecular complexity index is 203. The van der Waals surface area contributed by atoms with Crippen molar-refractivity contribution in [2.24, 2.45) is 0 Å². The molecule has 1 nitrogen and oxygen atoms in total. The van der Waals surface area contributed by atoms with Crippen LogP contribution < -0.4 is 0 Å². The zero-order valence-electron chi connectivity index (χ0n) is 5.14. The summed E-state index contributed by atoms with van der Waals surface area (Å²) in [4.78, 5) is 0. The Morgan fingerprint density at radius 3 is 1.90 bits per heavy atom. The zero-order valence-corrected chi connectivity index (χ0v) is 5.14. The van der Waals surface area contributed by atoms with Crippen molar-refractivity contribution in [1.29, 1.82) is 0 Å². The zero-order chi connectivity index (χ0) is 7.61. The summed E-state index contributed by atoms with van der Waals surface area (Å²) in [5.74, 6) is 0. The molecule has 1 N–H and O–H groups in total. The summed E-state index contributed by atoms with van der Waals surface area (Å²) in [5, 5.41) is 0. The first-order valence-corrected chi connectivity index (χ1v) is 2.79. The standard InChI is InChI=1S/C7H6F2N/c8-7(9,10)6-4-2-1-3-5-6/h1-5,10H/q-1. The Morgan fingerprint density at radius 1 is 1.10 bits per heavy atom. The molecule has 0 aliphatic heterocycles. The lowest BCUT2D eigenvalue weighted by molar-refractivity contribution is 0.0523. The van der Waals surface area contributed by atoms with Gasteiger partial charge in [-0.15, -0.1) is 0 Å². The Kier molecular flexibility index (Phi) is 1.68. The number of rotatable bonds is 1. The molecule has 0 aliphatic carbocycles. The van der Waals surface area contributed by atoms with E-state index in [0.717, 1.165) is 0 Å². The molecule has 0 radical (unpaired) electrons. The van der Waals surface area contributed by atoms with E-state index in [1.54, 1.807) is 6.07 Å². The highest BCUT2D eigenvalue weighted by Gasteiger charge is 2.14. The van der Waals surface area contributed by atoms with Crippen LogP contribution in [0.15, 0.2) is 30.3 Å². The molecule has 0 aliphatic rings. The van der Waals surface area contributed by atoms with E-state index in [1.165, 1.54) is 24.3 Å². The SMILES string of the molecule is [NH-]C(F)(F)c1ccccc1. The number of alkyl halides is 2. The molecule has 0 amide bonds. The molecule has 3 heteroatoms. The van der Waals surface area contributed by atoms with Gasteiger partial charge in [-0.25, -0.2) is 8.78 Å². The third-order valence-corrected chi connectivity index (χ3v) is 1.14.